The van der Waals surface area contributed by atoms with E-state index in [0.717, 1.165) is 25.7 Å². The van der Waals surface area contributed by atoms with E-state index in [1.165, 1.54) is 19.4 Å². The van der Waals surface area contributed by atoms with Crippen LogP contribution in [0.4, 0.5) is 0 Å². The third-order valence-electron chi connectivity index (χ3n) is 3.07. The SMILES string of the molecule is CCC1CCN(CC(C)OC)CCN1. The van der Waals surface area contributed by atoms with Gasteiger partial charge >= 0.3 is 0 Å². The third kappa shape index (κ3) is 3.95. The van der Waals surface area contributed by atoms with Gasteiger partial charge in [0, 0.05) is 32.8 Å². The number of ether oxygens (including phenoxy) is 1. The van der Waals surface area contributed by atoms with E-state index in [1.54, 1.807) is 7.11 Å². The van der Waals surface area contributed by atoms with Crippen molar-refractivity contribution in [3.8, 4) is 0 Å². The second-order valence-corrected chi connectivity index (χ2v) is 4.19. The van der Waals surface area contributed by atoms with Crippen molar-refractivity contribution in [1.29, 1.82) is 0 Å². The summed E-state index contributed by atoms with van der Waals surface area (Å²) in [6.45, 7) is 8.94. The highest BCUT2D eigenvalue weighted by Crippen LogP contribution is 2.05. The molecule has 2 unspecified atom stereocenters. The average molecular weight is 200 g/mol. The van der Waals surface area contributed by atoms with Crippen LogP contribution < -0.4 is 5.32 Å². The normalized spacial score (nSPS) is 27.2. The molecule has 1 aliphatic heterocycles. The van der Waals surface area contributed by atoms with Crippen molar-refractivity contribution in [2.24, 2.45) is 0 Å². The minimum Gasteiger partial charge on any atom is -0.380 e. The lowest BCUT2D eigenvalue weighted by Crippen LogP contribution is -2.34. The van der Waals surface area contributed by atoms with Gasteiger partial charge in [0.1, 0.15) is 0 Å². The highest BCUT2D eigenvalue weighted by atomic mass is 16.5. The Hall–Kier alpha value is -0.120. The molecule has 3 heteroatoms. The van der Waals surface area contributed by atoms with Gasteiger partial charge in [0.15, 0.2) is 0 Å². The van der Waals surface area contributed by atoms with E-state index in [9.17, 15) is 0 Å². The van der Waals surface area contributed by atoms with Crippen LogP contribution >= 0.6 is 0 Å². The van der Waals surface area contributed by atoms with Gasteiger partial charge in [-0.25, -0.2) is 0 Å². The fourth-order valence-electron chi connectivity index (χ4n) is 1.95. The Morgan fingerprint density at radius 2 is 2.29 bits per heavy atom. The van der Waals surface area contributed by atoms with Gasteiger partial charge < -0.3 is 10.1 Å². The molecule has 0 amide bonds. The zero-order valence-electron chi connectivity index (χ0n) is 9.75. The molecule has 0 aromatic carbocycles. The standard InChI is InChI=1S/C11H24N2O/c1-4-11-5-7-13(8-6-12-11)9-10(2)14-3/h10-12H,4-9H2,1-3H3. The van der Waals surface area contributed by atoms with Gasteiger partial charge in [0.05, 0.1) is 6.10 Å². The van der Waals surface area contributed by atoms with Crippen molar-refractivity contribution in [1.82, 2.24) is 10.2 Å². The summed E-state index contributed by atoms with van der Waals surface area (Å²) in [5.74, 6) is 0. The molecule has 0 bridgehead atoms. The van der Waals surface area contributed by atoms with Gasteiger partial charge in [-0.15, -0.1) is 0 Å². The zero-order valence-corrected chi connectivity index (χ0v) is 9.75. The molecule has 2 atom stereocenters. The molecule has 0 spiro atoms. The van der Waals surface area contributed by atoms with E-state index in [-0.39, 0.29) is 0 Å². The van der Waals surface area contributed by atoms with E-state index in [0.29, 0.717) is 6.10 Å². The summed E-state index contributed by atoms with van der Waals surface area (Å²) in [5, 5.41) is 3.57. The second-order valence-electron chi connectivity index (χ2n) is 4.19. The highest BCUT2D eigenvalue weighted by molar-refractivity contribution is 4.74. The molecule has 0 aromatic heterocycles. The van der Waals surface area contributed by atoms with Crippen molar-refractivity contribution in [2.45, 2.75) is 38.8 Å². The Bertz CT molecular complexity index is 152. The Morgan fingerprint density at radius 1 is 1.50 bits per heavy atom. The lowest BCUT2D eigenvalue weighted by Gasteiger charge is -2.22. The second kappa shape index (κ2) is 6.38. The van der Waals surface area contributed by atoms with E-state index < -0.39 is 0 Å². The Balaban J connectivity index is 2.27. The minimum absolute atomic E-state index is 0.355. The molecule has 84 valence electrons. The molecule has 1 rings (SSSR count). The Kier molecular flexibility index (Phi) is 5.45. The monoisotopic (exact) mass is 200 g/mol. The van der Waals surface area contributed by atoms with Gasteiger partial charge in [-0.1, -0.05) is 6.92 Å². The largest absolute Gasteiger partial charge is 0.380 e. The summed E-state index contributed by atoms with van der Waals surface area (Å²) in [6.07, 6.45) is 2.87. The van der Waals surface area contributed by atoms with Crippen LogP contribution in [0.15, 0.2) is 0 Å². The van der Waals surface area contributed by atoms with Crippen LogP contribution in [0.1, 0.15) is 26.7 Å². The maximum Gasteiger partial charge on any atom is 0.0670 e. The molecular formula is C11H24N2O. The molecule has 0 radical (unpaired) electrons. The summed E-state index contributed by atoms with van der Waals surface area (Å²) in [7, 11) is 1.79. The molecule has 14 heavy (non-hydrogen) atoms. The maximum atomic E-state index is 5.28. The molecule has 1 N–H and O–H groups in total. The predicted octanol–water partition coefficient (Wildman–Crippen LogP) is 1.10. The van der Waals surface area contributed by atoms with Gasteiger partial charge in [0.25, 0.3) is 0 Å². The number of hydrogen-bond acceptors (Lipinski definition) is 3. The number of rotatable bonds is 4. The molecule has 0 aromatic rings. The number of methoxy groups -OCH3 is 1. The topological polar surface area (TPSA) is 24.5 Å². The van der Waals surface area contributed by atoms with Crippen molar-refractivity contribution in [3.05, 3.63) is 0 Å². The summed E-state index contributed by atoms with van der Waals surface area (Å²) >= 11 is 0. The summed E-state index contributed by atoms with van der Waals surface area (Å²) in [5.41, 5.74) is 0. The van der Waals surface area contributed by atoms with Crippen LogP contribution in [0.3, 0.4) is 0 Å². The first-order valence-corrected chi connectivity index (χ1v) is 5.74. The summed E-state index contributed by atoms with van der Waals surface area (Å²) < 4.78 is 5.28. The van der Waals surface area contributed by atoms with Crippen LogP contribution in [-0.4, -0.2) is 50.3 Å². The first kappa shape index (κ1) is 12.0. The number of hydrogen-bond donors (Lipinski definition) is 1. The van der Waals surface area contributed by atoms with E-state index >= 15 is 0 Å². The summed E-state index contributed by atoms with van der Waals surface area (Å²) in [6, 6.07) is 0.720. The number of nitrogens with zero attached hydrogens (tertiary/aromatic N) is 1. The van der Waals surface area contributed by atoms with Crippen LogP contribution in [0.5, 0.6) is 0 Å². The van der Waals surface area contributed by atoms with Gasteiger partial charge in [-0.3, -0.25) is 4.90 Å². The predicted molar refractivity (Wildman–Crippen MR) is 59.6 cm³/mol. The Labute approximate surface area is 87.8 Å². The van der Waals surface area contributed by atoms with E-state index in [1.807, 2.05) is 0 Å². The number of nitrogens with one attached hydrogen (secondary N) is 1. The van der Waals surface area contributed by atoms with Crippen molar-refractivity contribution in [3.63, 3.8) is 0 Å². The molecule has 1 aliphatic rings. The van der Waals surface area contributed by atoms with Crippen molar-refractivity contribution < 1.29 is 4.74 Å². The highest BCUT2D eigenvalue weighted by Gasteiger charge is 2.16. The molecule has 0 saturated carbocycles. The average Bonchev–Trinajstić information content (AvgIpc) is 2.43. The molecule has 3 nitrogen and oxygen atoms in total. The van der Waals surface area contributed by atoms with Gasteiger partial charge in [0.2, 0.25) is 0 Å². The van der Waals surface area contributed by atoms with Gasteiger partial charge in [-0.2, -0.15) is 0 Å². The fourth-order valence-corrected chi connectivity index (χ4v) is 1.95. The zero-order chi connectivity index (χ0) is 10.4. The quantitative estimate of drug-likeness (QED) is 0.735. The van der Waals surface area contributed by atoms with E-state index in [4.69, 9.17) is 4.74 Å². The first-order chi connectivity index (χ1) is 6.76. The lowest BCUT2D eigenvalue weighted by molar-refractivity contribution is 0.0791. The molecule has 1 heterocycles. The molecule has 0 aliphatic carbocycles. The fraction of sp³-hybridized carbons (Fsp3) is 1.00. The third-order valence-corrected chi connectivity index (χ3v) is 3.07. The smallest absolute Gasteiger partial charge is 0.0670 e. The molecular weight excluding hydrogens is 176 g/mol. The maximum absolute atomic E-state index is 5.28. The van der Waals surface area contributed by atoms with Crippen LogP contribution in [0.2, 0.25) is 0 Å². The minimum atomic E-state index is 0.355. The lowest BCUT2D eigenvalue weighted by atomic mass is 10.1. The van der Waals surface area contributed by atoms with Crippen LogP contribution in [0.25, 0.3) is 0 Å². The van der Waals surface area contributed by atoms with Crippen LogP contribution in [-0.2, 0) is 4.74 Å². The Morgan fingerprint density at radius 3 is 2.93 bits per heavy atom. The van der Waals surface area contributed by atoms with Crippen molar-refractivity contribution in [2.75, 3.05) is 33.3 Å². The molecule has 1 saturated heterocycles. The molecule has 1 fully saturated rings. The van der Waals surface area contributed by atoms with Gasteiger partial charge in [-0.05, 0) is 26.3 Å². The van der Waals surface area contributed by atoms with Crippen molar-refractivity contribution >= 4 is 0 Å². The van der Waals surface area contributed by atoms with Crippen LogP contribution in [0, 0.1) is 0 Å². The van der Waals surface area contributed by atoms with E-state index in [2.05, 4.69) is 24.1 Å². The summed E-state index contributed by atoms with van der Waals surface area (Å²) in [4.78, 5) is 2.50. The first-order valence-electron chi connectivity index (χ1n) is 5.74.